The molecule has 0 radical (unpaired) electrons. The van der Waals surface area contributed by atoms with Crippen LogP contribution in [0.3, 0.4) is 0 Å². The Kier molecular flexibility index (Phi) is 4.22. The number of nitrogens with zero attached hydrogens (tertiary/aromatic N) is 4. The number of para-hydroxylation sites is 1. The molecule has 1 aromatic heterocycles. The predicted molar refractivity (Wildman–Crippen MR) is 96.2 cm³/mol. The van der Waals surface area contributed by atoms with Gasteiger partial charge >= 0.3 is 0 Å². The van der Waals surface area contributed by atoms with Crippen LogP contribution in [0.4, 0.5) is 0 Å². The van der Waals surface area contributed by atoms with Gasteiger partial charge in [0.2, 0.25) is 5.82 Å². The molecule has 25 heavy (non-hydrogen) atoms. The third-order valence-corrected chi connectivity index (χ3v) is 5.92. The van der Waals surface area contributed by atoms with E-state index >= 15 is 0 Å². The van der Waals surface area contributed by atoms with Gasteiger partial charge in [-0.05, 0) is 43.7 Å². The van der Waals surface area contributed by atoms with Gasteiger partial charge in [-0.25, -0.2) is 9.67 Å². The molecular formula is C17H19Cl2N5O. The Morgan fingerprint density at radius 1 is 1.24 bits per heavy atom. The zero-order valence-corrected chi connectivity index (χ0v) is 15.3. The first-order chi connectivity index (χ1) is 12.0. The Bertz CT molecular complexity index is 816. The number of rotatable bonds is 2. The number of carbonyl (C=O) groups is 1. The van der Waals surface area contributed by atoms with E-state index in [1.165, 1.54) is 4.68 Å². The molecule has 1 saturated heterocycles. The van der Waals surface area contributed by atoms with Gasteiger partial charge in [-0.3, -0.25) is 4.79 Å². The monoisotopic (exact) mass is 379 g/mol. The van der Waals surface area contributed by atoms with E-state index in [9.17, 15) is 4.79 Å². The Hall–Kier alpha value is -1.63. The lowest BCUT2D eigenvalue weighted by molar-refractivity contribution is 0.0767. The van der Waals surface area contributed by atoms with Gasteiger partial charge in [0, 0.05) is 19.1 Å². The minimum atomic E-state index is -0.161. The quantitative estimate of drug-likeness (QED) is 0.869. The zero-order valence-electron chi connectivity index (χ0n) is 13.8. The van der Waals surface area contributed by atoms with Crippen molar-refractivity contribution in [3.8, 4) is 5.69 Å². The molecular weight excluding hydrogens is 361 g/mol. The normalized spacial score (nSPS) is 25.4. The van der Waals surface area contributed by atoms with Gasteiger partial charge in [0.05, 0.1) is 10.0 Å². The molecule has 1 saturated carbocycles. The smallest absolute Gasteiger partial charge is 0.293 e. The Balaban J connectivity index is 1.62. The fraction of sp³-hybridized carbons (Fsp3) is 0.471. The topological polar surface area (TPSA) is 77.0 Å². The third kappa shape index (κ3) is 2.82. The molecule has 1 aliphatic heterocycles. The fourth-order valence-electron chi connectivity index (χ4n) is 4.00. The first-order valence-corrected chi connectivity index (χ1v) is 9.14. The van der Waals surface area contributed by atoms with Crippen LogP contribution in [0.5, 0.6) is 0 Å². The number of amides is 1. The lowest BCUT2D eigenvalue weighted by Crippen LogP contribution is -2.34. The zero-order chi connectivity index (χ0) is 17.7. The van der Waals surface area contributed by atoms with E-state index < -0.39 is 0 Å². The number of aryl methyl sites for hydroxylation is 1. The van der Waals surface area contributed by atoms with Crippen molar-refractivity contribution in [2.24, 2.45) is 17.6 Å². The van der Waals surface area contributed by atoms with E-state index in [0.717, 1.165) is 19.4 Å². The summed E-state index contributed by atoms with van der Waals surface area (Å²) in [7, 11) is 0. The molecule has 6 nitrogen and oxygen atoms in total. The minimum Gasteiger partial charge on any atom is -0.335 e. The van der Waals surface area contributed by atoms with Crippen molar-refractivity contribution in [2.75, 3.05) is 13.1 Å². The van der Waals surface area contributed by atoms with Gasteiger partial charge in [-0.1, -0.05) is 29.3 Å². The molecule has 8 heteroatoms. The average molecular weight is 380 g/mol. The molecule has 2 fully saturated rings. The Labute approximate surface area is 155 Å². The van der Waals surface area contributed by atoms with Gasteiger partial charge in [0.25, 0.3) is 5.91 Å². The molecule has 1 aliphatic carbocycles. The molecule has 0 bridgehead atoms. The van der Waals surface area contributed by atoms with Gasteiger partial charge in [-0.15, -0.1) is 5.10 Å². The summed E-state index contributed by atoms with van der Waals surface area (Å²) < 4.78 is 1.53. The fourth-order valence-corrected chi connectivity index (χ4v) is 4.56. The lowest BCUT2D eigenvalue weighted by atomic mass is 9.98. The van der Waals surface area contributed by atoms with E-state index in [0.29, 0.717) is 39.9 Å². The van der Waals surface area contributed by atoms with Crippen LogP contribution in [0, 0.1) is 18.8 Å². The highest BCUT2D eigenvalue weighted by atomic mass is 35.5. The first kappa shape index (κ1) is 16.8. The van der Waals surface area contributed by atoms with Gasteiger partial charge < -0.3 is 10.6 Å². The molecule has 2 aromatic rings. The molecule has 2 heterocycles. The molecule has 1 aromatic carbocycles. The van der Waals surface area contributed by atoms with Crippen molar-refractivity contribution < 1.29 is 4.79 Å². The van der Waals surface area contributed by atoms with Crippen molar-refractivity contribution in [1.29, 1.82) is 0 Å². The van der Waals surface area contributed by atoms with E-state index in [1.54, 1.807) is 25.1 Å². The molecule has 3 unspecified atom stereocenters. The second-order valence-electron chi connectivity index (χ2n) is 6.84. The molecule has 132 valence electrons. The lowest BCUT2D eigenvalue weighted by Gasteiger charge is -2.17. The summed E-state index contributed by atoms with van der Waals surface area (Å²) in [6.45, 7) is 3.20. The Morgan fingerprint density at radius 2 is 1.96 bits per heavy atom. The van der Waals surface area contributed by atoms with Crippen molar-refractivity contribution >= 4 is 29.1 Å². The number of carbonyl (C=O) groups excluding carboxylic acids is 1. The molecule has 2 N–H and O–H groups in total. The van der Waals surface area contributed by atoms with E-state index in [4.69, 9.17) is 28.9 Å². The van der Waals surface area contributed by atoms with Crippen LogP contribution in [0.2, 0.25) is 10.0 Å². The highest BCUT2D eigenvalue weighted by molar-refractivity contribution is 6.37. The standard InChI is InChI=1S/C17H19Cl2N5O/c1-9-21-16(22-24(9)15-12(18)3-2-4-13(15)19)17(25)23-7-10-5-6-14(20)11(10)8-23/h2-4,10-11,14H,5-8,20H2,1H3. The molecule has 4 rings (SSSR count). The maximum Gasteiger partial charge on any atom is 0.293 e. The number of benzene rings is 1. The summed E-state index contributed by atoms with van der Waals surface area (Å²) in [6.07, 6.45) is 2.14. The van der Waals surface area contributed by atoms with Crippen LogP contribution < -0.4 is 5.73 Å². The SMILES string of the molecule is Cc1nc(C(=O)N2CC3CCC(N)C3C2)nn1-c1c(Cl)cccc1Cl. The number of aromatic nitrogens is 3. The number of halogens is 2. The molecule has 0 spiro atoms. The van der Waals surface area contributed by atoms with Crippen molar-refractivity contribution in [1.82, 2.24) is 19.7 Å². The number of fused-ring (bicyclic) bond motifs is 1. The second-order valence-corrected chi connectivity index (χ2v) is 7.65. The number of hydrogen-bond donors (Lipinski definition) is 1. The van der Waals surface area contributed by atoms with E-state index in [2.05, 4.69) is 10.1 Å². The maximum atomic E-state index is 12.8. The van der Waals surface area contributed by atoms with Crippen LogP contribution >= 0.6 is 23.2 Å². The van der Waals surface area contributed by atoms with Crippen LogP contribution in [-0.2, 0) is 0 Å². The second kappa shape index (κ2) is 6.27. The average Bonchev–Trinajstić information content (AvgIpc) is 3.24. The summed E-state index contributed by atoms with van der Waals surface area (Å²) in [4.78, 5) is 19.0. The van der Waals surface area contributed by atoms with E-state index in [-0.39, 0.29) is 17.8 Å². The highest BCUT2D eigenvalue weighted by Crippen LogP contribution is 2.37. The van der Waals surface area contributed by atoms with Crippen LogP contribution in [-0.4, -0.2) is 44.7 Å². The predicted octanol–water partition coefficient (Wildman–Crippen LogP) is 2.69. The molecule has 3 atom stereocenters. The number of nitrogens with two attached hydrogens (primary N) is 1. The summed E-state index contributed by atoms with van der Waals surface area (Å²) in [5, 5.41) is 5.29. The van der Waals surface area contributed by atoms with Crippen molar-refractivity contribution in [2.45, 2.75) is 25.8 Å². The van der Waals surface area contributed by atoms with Crippen LogP contribution in [0.25, 0.3) is 5.69 Å². The third-order valence-electron chi connectivity index (χ3n) is 5.31. The number of likely N-dealkylation sites (tertiary alicyclic amines) is 1. The largest absolute Gasteiger partial charge is 0.335 e. The van der Waals surface area contributed by atoms with E-state index in [1.807, 2.05) is 4.90 Å². The number of hydrogen-bond acceptors (Lipinski definition) is 4. The first-order valence-electron chi connectivity index (χ1n) is 8.38. The summed E-state index contributed by atoms with van der Waals surface area (Å²) in [5.74, 6) is 1.47. The highest BCUT2D eigenvalue weighted by Gasteiger charge is 2.43. The van der Waals surface area contributed by atoms with Gasteiger partial charge in [0.15, 0.2) is 0 Å². The summed E-state index contributed by atoms with van der Waals surface area (Å²) in [5.41, 5.74) is 6.69. The van der Waals surface area contributed by atoms with Crippen LogP contribution in [0.1, 0.15) is 29.3 Å². The Morgan fingerprint density at radius 3 is 2.64 bits per heavy atom. The van der Waals surface area contributed by atoms with Gasteiger partial charge in [-0.2, -0.15) is 0 Å². The van der Waals surface area contributed by atoms with Crippen molar-refractivity contribution in [3.63, 3.8) is 0 Å². The maximum absolute atomic E-state index is 12.8. The molecule has 1 amide bonds. The van der Waals surface area contributed by atoms with Crippen molar-refractivity contribution in [3.05, 3.63) is 39.9 Å². The van der Waals surface area contributed by atoms with Crippen LogP contribution in [0.15, 0.2) is 18.2 Å². The minimum absolute atomic E-state index is 0.161. The molecule has 2 aliphatic rings. The summed E-state index contributed by atoms with van der Waals surface area (Å²) in [6, 6.07) is 5.42. The summed E-state index contributed by atoms with van der Waals surface area (Å²) >= 11 is 12.5. The van der Waals surface area contributed by atoms with Gasteiger partial charge in [0.1, 0.15) is 11.5 Å².